The van der Waals surface area contributed by atoms with Crippen LogP contribution < -0.4 is 11.1 Å². The number of amides is 1. The molecular weight excluding hydrogens is 274 g/mol. The number of aromatic nitrogens is 1. The molecule has 0 spiro atoms. The fraction of sp³-hybridized carbons (Fsp3) is 0.429. The number of rotatable bonds is 3. The normalized spacial score (nSPS) is 19.1. The van der Waals surface area contributed by atoms with Gasteiger partial charge in [-0.2, -0.15) is 0 Å². The quantitative estimate of drug-likeness (QED) is 0.908. The lowest BCUT2D eigenvalue weighted by Gasteiger charge is -2.22. The van der Waals surface area contributed by atoms with Crippen molar-refractivity contribution in [1.82, 2.24) is 10.3 Å². The maximum Gasteiger partial charge on any atom is 0.263 e. The summed E-state index contributed by atoms with van der Waals surface area (Å²) in [7, 11) is 0. The highest BCUT2D eigenvalue weighted by molar-refractivity contribution is 7.21. The highest BCUT2D eigenvalue weighted by Gasteiger charge is 2.19. The highest BCUT2D eigenvalue weighted by atomic mass is 32.1. The number of hydrogen-bond acceptors (Lipinski definition) is 5. The van der Waals surface area contributed by atoms with Crippen molar-refractivity contribution in [3.8, 4) is 0 Å². The van der Waals surface area contributed by atoms with Gasteiger partial charge in [-0.25, -0.2) is 0 Å². The van der Waals surface area contributed by atoms with E-state index in [1.54, 1.807) is 6.20 Å². The van der Waals surface area contributed by atoms with E-state index in [4.69, 9.17) is 10.5 Å². The number of hydrogen-bond donors (Lipinski definition) is 2. The van der Waals surface area contributed by atoms with E-state index in [2.05, 4.69) is 10.3 Å². The molecular formula is C14H17N3O2S. The maximum absolute atomic E-state index is 12.2. The Balaban J connectivity index is 1.70. The molecule has 1 aliphatic heterocycles. The molecule has 20 heavy (non-hydrogen) atoms. The standard InChI is InChI=1S/C14H17N3O2S/c15-11-12-10(5-3-6-16-12)20-13(11)14(18)17-8-9-4-1-2-7-19-9/h3,5-6,9H,1-2,4,7-8,15H2,(H,17,18). The first kappa shape index (κ1) is 13.3. The molecule has 6 heteroatoms. The van der Waals surface area contributed by atoms with Crippen LogP contribution in [0, 0.1) is 0 Å². The van der Waals surface area contributed by atoms with Crippen LogP contribution in [0.3, 0.4) is 0 Å². The molecule has 0 aliphatic carbocycles. The van der Waals surface area contributed by atoms with Gasteiger partial charge in [0.1, 0.15) is 10.4 Å². The van der Waals surface area contributed by atoms with Gasteiger partial charge in [0.15, 0.2) is 0 Å². The van der Waals surface area contributed by atoms with E-state index >= 15 is 0 Å². The van der Waals surface area contributed by atoms with Gasteiger partial charge in [0.2, 0.25) is 0 Å². The second-order valence-electron chi connectivity index (χ2n) is 4.89. The lowest BCUT2D eigenvalue weighted by atomic mass is 10.1. The van der Waals surface area contributed by atoms with E-state index in [1.165, 1.54) is 11.3 Å². The molecule has 3 N–H and O–H groups in total. The number of fused-ring (bicyclic) bond motifs is 1. The van der Waals surface area contributed by atoms with Crippen molar-refractivity contribution in [3.05, 3.63) is 23.2 Å². The first-order chi connectivity index (χ1) is 9.75. The smallest absolute Gasteiger partial charge is 0.263 e. The van der Waals surface area contributed by atoms with Crippen LogP contribution in [-0.2, 0) is 4.74 Å². The summed E-state index contributed by atoms with van der Waals surface area (Å²) in [4.78, 5) is 17.0. The first-order valence-electron chi connectivity index (χ1n) is 6.78. The summed E-state index contributed by atoms with van der Waals surface area (Å²) in [6.45, 7) is 1.33. The Morgan fingerprint density at radius 1 is 1.55 bits per heavy atom. The SMILES string of the molecule is Nc1c(C(=O)NCC2CCCCO2)sc2cccnc12. The lowest BCUT2D eigenvalue weighted by Crippen LogP contribution is -2.35. The monoisotopic (exact) mass is 291 g/mol. The molecule has 106 valence electrons. The van der Waals surface area contributed by atoms with Gasteiger partial charge in [-0.05, 0) is 31.4 Å². The number of nitrogens with one attached hydrogen (secondary N) is 1. The summed E-state index contributed by atoms with van der Waals surface area (Å²) in [5.74, 6) is -0.139. The third kappa shape index (κ3) is 2.62. The molecule has 2 aromatic heterocycles. The van der Waals surface area contributed by atoms with E-state index < -0.39 is 0 Å². The average Bonchev–Trinajstić information content (AvgIpc) is 2.84. The topological polar surface area (TPSA) is 77.2 Å². The van der Waals surface area contributed by atoms with E-state index in [1.807, 2.05) is 12.1 Å². The third-order valence-corrected chi connectivity index (χ3v) is 4.61. The molecule has 2 aromatic rings. The molecule has 1 fully saturated rings. The van der Waals surface area contributed by atoms with Crippen molar-refractivity contribution in [2.45, 2.75) is 25.4 Å². The molecule has 3 rings (SSSR count). The van der Waals surface area contributed by atoms with E-state index in [9.17, 15) is 4.79 Å². The number of carbonyl (C=O) groups excluding carboxylic acids is 1. The number of carbonyl (C=O) groups is 1. The van der Waals surface area contributed by atoms with Crippen molar-refractivity contribution in [1.29, 1.82) is 0 Å². The fourth-order valence-electron chi connectivity index (χ4n) is 2.37. The second-order valence-corrected chi connectivity index (χ2v) is 5.95. The summed E-state index contributed by atoms with van der Waals surface area (Å²) in [6.07, 6.45) is 5.09. The van der Waals surface area contributed by atoms with E-state index in [-0.39, 0.29) is 12.0 Å². The summed E-state index contributed by atoms with van der Waals surface area (Å²) < 4.78 is 6.53. The van der Waals surface area contributed by atoms with Gasteiger partial charge in [-0.1, -0.05) is 0 Å². The number of nitrogens with two attached hydrogens (primary N) is 1. The maximum atomic E-state index is 12.2. The number of nitrogen functional groups attached to an aromatic ring is 1. The minimum Gasteiger partial charge on any atom is -0.396 e. The van der Waals surface area contributed by atoms with Gasteiger partial charge < -0.3 is 15.8 Å². The largest absolute Gasteiger partial charge is 0.396 e. The average molecular weight is 291 g/mol. The Kier molecular flexibility index (Phi) is 3.84. The number of thiophene rings is 1. The first-order valence-corrected chi connectivity index (χ1v) is 7.60. The zero-order valence-electron chi connectivity index (χ0n) is 11.1. The van der Waals surface area contributed by atoms with Crippen LogP contribution in [-0.4, -0.2) is 30.1 Å². The Labute approximate surface area is 121 Å². The Morgan fingerprint density at radius 3 is 3.20 bits per heavy atom. The zero-order valence-corrected chi connectivity index (χ0v) is 11.9. The molecule has 1 saturated heterocycles. The summed E-state index contributed by atoms with van der Waals surface area (Å²) >= 11 is 1.38. The molecule has 1 atom stereocenters. The van der Waals surface area contributed by atoms with Crippen LogP contribution in [0.15, 0.2) is 18.3 Å². The highest BCUT2D eigenvalue weighted by Crippen LogP contribution is 2.31. The van der Waals surface area contributed by atoms with Crippen LogP contribution in [0.5, 0.6) is 0 Å². The van der Waals surface area contributed by atoms with Gasteiger partial charge in [0.05, 0.1) is 16.5 Å². The van der Waals surface area contributed by atoms with E-state index in [0.29, 0.717) is 22.6 Å². The molecule has 0 radical (unpaired) electrons. The van der Waals surface area contributed by atoms with Crippen LogP contribution >= 0.6 is 11.3 Å². The summed E-state index contributed by atoms with van der Waals surface area (Å²) in [5.41, 5.74) is 7.18. The van der Waals surface area contributed by atoms with Crippen LogP contribution in [0.4, 0.5) is 5.69 Å². The zero-order chi connectivity index (χ0) is 13.9. The molecule has 5 nitrogen and oxygen atoms in total. The lowest BCUT2D eigenvalue weighted by molar-refractivity contribution is 0.0169. The number of anilines is 1. The molecule has 1 amide bonds. The number of pyridine rings is 1. The molecule has 1 unspecified atom stereocenters. The Bertz CT molecular complexity index is 620. The minimum atomic E-state index is -0.139. The molecule has 0 aromatic carbocycles. The molecule has 0 saturated carbocycles. The van der Waals surface area contributed by atoms with Crippen molar-refractivity contribution in [2.75, 3.05) is 18.9 Å². The van der Waals surface area contributed by atoms with Crippen LogP contribution in [0.2, 0.25) is 0 Å². The van der Waals surface area contributed by atoms with Gasteiger partial charge in [-0.3, -0.25) is 9.78 Å². The predicted molar refractivity (Wildman–Crippen MR) is 80.0 cm³/mol. The van der Waals surface area contributed by atoms with Crippen molar-refractivity contribution in [2.24, 2.45) is 0 Å². The van der Waals surface area contributed by atoms with Crippen molar-refractivity contribution in [3.63, 3.8) is 0 Å². The Morgan fingerprint density at radius 2 is 2.45 bits per heavy atom. The third-order valence-electron chi connectivity index (χ3n) is 3.45. The van der Waals surface area contributed by atoms with Crippen molar-refractivity contribution < 1.29 is 9.53 Å². The Hall–Kier alpha value is -1.66. The van der Waals surface area contributed by atoms with Crippen LogP contribution in [0.1, 0.15) is 28.9 Å². The van der Waals surface area contributed by atoms with Gasteiger partial charge in [0.25, 0.3) is 5.91 Å². The van der Waals surface area contributed by atoms with Crippen LogP contribution in [0.25, 0.3) is 10.2 Å². The van der Waals surface area contributed by atoms with Gasteiger partial charge in [0, 0.05) is 19.3 Å². The number of ether oxygens (including phenoxy) is 1. The van der Waals surface area contributed by atoms with Crippen molar-refractivity contribution >= 4 is 33.1 Å². The molecule has 1 aliphatic rings. The molecule has 0 bridgehead atoms. The predicted octanol–water partition coefficient (Wildman–Crippen LogP) is 2.18. The summed E-state index contributed by atoms with van der Waals surface area (Å²) in [6, 6.07) is 3.76. The van der Waals surface area contributed by atoms with Gasteiger partial charge >= 0.3 is 0 Å². The molecule has 3 heterocycles. The van der Waals surface area contributed by atoms with E-state index in [0.717, 1.165) is 30.6 Å². The van der Waals surface area contributed by atoms with Gasteiger partial charge in [-0.15, -0.1) is 11.3 Å². The second kappa shape index (κ2) is 5.76. The fourth-order valence-corrected chi connectivity index (χ4v) is 3.37. The number of nitrogens with zero attached hydrogens (tertiary/aromatic N) is 1. The minimum absolute atomic E-state index is 0.126. The summed E-state index contributed by atoms with van der Waals surface area (Å²) in [5, 5.41) is 2.91.